The zero-order valence-corrected chi connectivity index (χ0v) is 10.6. The highest BCUT2D eigenvalue weighted by molar-refractivity contribution is 6.42. The maximum atomic E-state index is 10.1. The summed E-state index contributed by atoms with van der Waals surface area (Å²) in [6, 6.07) is 15.0. The molecule has 0 aliphatic carbocycles. The molecule has 0 aliphatic rings. The first-order valence-corrected chi connectivity index (χ1v) is 6.09. The summed E-state index contributed by atoms with van der Waals surface area (Å²) in [4.78, 5) is 0. The van der Waals surface area contributed by atoms with Gasteiger partial charge in [-0.25, -0.2) is 0 Å². The van der Waals surface area contributed by atoms with Crippen molar-refractivity contribution in [3.63, 3.8) is 0 Å². The quantitative estimate of drug-likeness (QED) is 0.880. The molecule has 1 atom stereocenters. The smallest absolute Gasteiger partial charge is 0.0830 e. The summed E-state index contributed by atoms with van der Waals surface area (Å²) in [6.07, 6.45) is 0.00871. The van der Waals surface area contributed by atoms with Crippen LogP contribution in [0.25, 0.3) is 0 Å². The van der Waals surface area contributed by atoms with E-state index in [1.165, 1.54) is 0 Å². The van der Waals surface area contributed by atoms with Crippen molar-refractivity contribution in [1.29, 1.82) is 0 Å². The molecule has 0 fully saturated rings. The maximum Gasteiger partial charge on any atom is 0.0830 e. The van der Waals surface area contributed by atoms with Crippen LogP contribution in [0.5, 0.6) is 0 Å². The molecule has 1 unspecified atom stereocenters. The van der Waals surface area contributed by atoms with Crippen LogP contribution in [-0.4, -0.2) is 5.11 Å². The van der Waals surface area contributed by atoms with Crippen molar-refractivity contribution in [2.45, 2.75) is 12.5 Å². The predicted octanol–water partition coefficient (Wildman–Crippen LogP) is 4.27. The zero-order chi connectivity index (χ0) is 12.3. The lowest BCUT2D eigenvalue weighted by atomic mass is 10.0. The standard InChI is InChI=1S/C14H12Cl2O/c15-12-7-6-10(8-13(12)16)9-14(17)11-4-2-1-3-5-11/h1-8,14,17H,9H2. The van der Waals surface area contributed by atoms with Gasteiger partial charge in [0.25, 0.3) is 0 Å². The molecule has 0 amide bonds. The van der Waals surface area contributed by atoms with Crippen molar-refractivity contribution in [3.8, 4) is 0 Å². The SMILES string of the molecule is OC(Cc1ccc(Cl)c(Cl)c1)c1ccccc1. The third-order valence-electron chi connectivity index (χ3n) is 2.60. The van der Waals surface area contributed by atoms with E-state index in [0.29, 0.717) is 16.5 Å². The van der Waals surface area contributed by atoms with Crippen molar-refractivity contribution >= 4 is 23.2 Å². The van der Waals surface area contributed by atoms with Gasteiger partial charge in [-0.05, 0) is 23.3 Å². The number of halogens is 2. The Hall–Kier alpha value is -1.02. The molecule has 1 N–H and O–H groups in total. The van der Waals surface area contributed by atoms with Crippen LogP contribution in [0.4, 0.5) is 0 Å². The molecule has 0 heterocycles. The lowest BCUT2D eigenvalue weighted by Crippen LogP contribution is -2.01. The average molecular weight is 267 g/mol. The molecule has 1 nitrogen and oxygen atoms in total. The van der Waals surface area contributed by atoms with Gasteiger partial charge in [-0.2, -0.15) is 0 Å². The van der Waals surface area contributed by atoms with Crippen molar-refractivity contribution in [2.24, 2.45) is 0 Å². The molecule has 88 valence electrons. The van der Waals surface area contributed by atoms with Gasteiger partial charge < -0.3 is 5.11 Å². The predicted molar refractivity (Wildman–Crippen MR) is 71.6 cm³/mol. The largest absolute Gasteiger partial charge is 0.388 e. The Morgan fingerprint density at radius 2 is 1.65 bits per heavy atom. The lowest BCUT2D eigenvalue weighted by Gasteiger charge is -2.11. The van der Waals surface area contributed by atoms with Crippen LogP contribution in [0, 0.1) is 0 Å². The first-order valence-electron chi connectivity index (χ1n) is 5.34. The Balaban J connectivity index is 2.13. The monoisotopic (exact) mass is 266 g/mol. The molecule has 0 aliphatic heterocycles. The van der Waals surface area contributed by atoms with Gasteiger partial charge in [-0.3, -0.25) is 0 Å². The Morgan fingerprint density at radius 1 is 0.941 bits per heavy atom. The fourth-order valence-corrected chi connectivity index (χ4v) is 2.00. The van der Waals surface area contributed by atoms with E-state index in [-0.39, 0.29) is 0 Å². The van der Waals surface area contributed by atoms with E-state index < -0.39 is 6.10 Å². The van der Waals surface area contributed by atoms with Crippen LogP contribution in [-0.2, 0) is 6.42 Å². The van der Waals surface area contributed by atoms with E-state index in [9.17, 15) is 5.11 Å². The second kappa shape index (κ2) is 5.54. The highest BCUT2D eigenvalue weighted by Gasteiger charge is 2.09. The highest BCUT2D eigenvalue weighted by Crippen LogP contribution is 2.25. The third kappa shape index (κ3) is 3.22. The highest BCUT2D eigenvalue weighted by atomic mass is 35.5. The number of aliphatic hydroxyl groups is 1. The second-order valence-electron chi connectivity index (χ2n) is 3.88. The van der Waals surface area contributed by atoms with Crippen LogP contribution >= 0.6 is 23.2 Å². The molecule has 0 aromatic heterocycles. The minimum Gasteiger partial charge on any atom is -0.388 e. The van der Waals surface area contributed by atoms with Gasteiger partial charge >= 0.3 is 0 Å². The summed E-state index contributed by atoms with van der Waals surface area (Å²) >= 11 is 11.8. The van der Waals surface area contributed by atoms with Gasteiger partial charge in [0.05, 0.1) is 16.1 Å². The number of hydrogen-bond acceptors (Lipinski definition) is 1. The van der Waals surface area contributed by atoms with E-state index in [4.69, 9.17) is 23.2 Å². The Labute approximate surface area is 111 Å². The van der Waals surface area contributed by atoms with E-state index >= 15 is 0 Å². The molecule has 0 spiro atoms. The maximum absolute atomic E-state index is 10.1. The van der Waals surface area contributed by atoms with E-state index in [1.807, 2.05) is 36.4 Å². The molecule has 17 heavy (non-hydrogen) atoms. The molecule has 2 aromatic rings. The normalized spacial score (nSPS) is 12.4. The van der Waals surface area contributed by atoms with Crippen molar-refractivity contribution in [1.82, 2.24) is 0 Å². The van der Waals surface area contributed by atoms with E-state index in [0.717, 1.165) is 11.1 Å². The van der Waals surface area contributed by atoms with Crippen LogP contribution in [0.15, 0.2) is 48.5 Å². The molecule has 2 aromatic carbocycles. The molecule has 0 saturated heterocycles. The van der Waals surface area contributed by atoms with Crippen molar-refractivity contribution in [2.75, 3.05) is 0 Å². The zero-order valence-electron chi connectivity index (χ0n) is 9.11. The first-order chi connectivity index (χ1) is 8.16. The molecule has 0 bridgehead atoms. The van der Waals surface area contributed by atoms with Crippen LogP contribution in [0.2, 0.25) is 10.0 Å². The van der Waals surface area contributed by atoms with E-state index in [1.54, 1.807) is 12.1 Å². The molecular formula is C14H12Cl2O. The molecule has 3 heteroatoms. The molecular weight excluding hydrogens is 255 g/mol. The summed E-state index contributed by atoms with van der Waals surface area (Å²) < 4.78 is 0. The van der Waals surface area contributed by atoms with Gasteiger partial charge in [-0.1, -0.05) is 59.6 Å². The van der Waals surface area contributed by atoms with Gasteiger partial charge in [0.2, 0.25) is 0 Å². The lowest BCUT2D eigenvalue weighted by molar-refractivity contribution is 0.178. The van der Waals surface area contributed by atoms with Gasteiger partial charge in [0, 0.05) is 6.42 Å². The number of benzene rings is 2. The van der Waals surface area contributed by atoms with Crippen molar-refractivity contribution in [3.05, 3.63) is 69.7 Å². The van der Waals surface area contributed by atoms with Crippen LogP contribution < -0.4 is 0 Å². The Morgan fingerprint density at radius 3 is 2.29 bits per heavy atom. The summed E-state index contributed by atoms with van der Waals surface area (Å²) in [7, 11) is 0. The van der Waals surface area contributed by atoms with Crippen LogP contribution in [0.1, 0.15) is 17.2 Å². The van der Waals surface area contributed by atoms with Gasteiger partial charge in [-0.15, -0.1) is 0 Å². The minimum atomic E-state index is -0.520. The number of hydrogen-bond donors (Lipinski definition) is 1. The Bertz CT molecular complexity index is 497. The number of aliphatic hydroxyl groups excluding tert-OH is 1. The van der Waals surface area contributed by atoms with Crippen LogP contribution in [0.3, 0.4) is 0 Å². The minimum absolute atomic E-state index is 0.518. The summed E-state index contributed by atoms with van der Waals surface area (Å²) in [5.41, 5.74) is 1.87. The summed E-state index contributed by atoms with van der Waals surface area (Å²) in [6.45, 7) is 0. The second-order valence-corrected chi connectivity index (χ2v) is 4.69. The average Bonchev–Trinajstić information content (AvgIpc) is 2.35. The fraction of sp³-hybridized carbons (Fsp3) is 0.143. The molecule has 0 saturated carbocycles. The third-order valence-corrected chi connectivity index (χ3v) is 3.34. The van der Waals surface area contributed by atoms with Crippen molar-refractivity contribution < 1.29 is 5.11 Å². The molecule has 2 rings (SSSR count). The molecule has 0 radical (unpaired) electrons. The van der Waals surface area contributed by atoms with Gasteiger partial charge in [0.1, 0.15) is 0 Å². The Kier molecular flexibility index (Phi) is 4.06. The topological polar surface area (TPSA) is 20.2 Å². The fourth-order valence-electron chi connectivity index (χ4n) is 1.68. The summed E-state index contributed by atoms with van der Waals surface area (Å²) in [5, 5.41) is 11.1. The number of rotatable bonds is 3. The first kappa shape index (κ1) is 12.4. The summed E-state index contributed by atoms with van der Waals surface area (Å²) in [5.74, 6) is 0. The van der Waals surface area contributed by atoms with E-state index in [2.05, 4.69) is 0 Å². The van der Waals surface area contributed by atoms with Gasteiger partial charge in [0.15, 0.2) is 0 Å².